The van der Waals surface area contributed by atoms with E-state index in [-0.39, 0.29) is 16.2 Å². The quantitative estimate of drug-likeness (QED) is 0.885. The molecule has 1 aromatic carbocycles. The first kappa shape index (κ1) is 15.8. The number of sulfone groups is 1. The van der Waals surface area contributed by atoms with Gasteiger partial charge in [0.15, 0.2) is 9.84 Å². The first-order chi connectivity index (χ1) is 9.95. The van der Waals surface area contributed by atoms with E-state index in [2.05, 4.69) is 0 Å². The van der Waals surface area contributed by atoms with Gasteiger partial charge in [-0.05, 0) is 24.6 Å². The molecule has 0 saturated carbocycles. The zero-order chi connectivity index (χ0) is 15.5. The number of carboxylic acids is 1. The van der Waals surface area contributed by atoms with Gasteiger partial charge in [0.25, 0.3) is 0 Å². The van der Waals surface area contributed by atoms with Gasteiger partial charge in [0, 0.05) is 13.1 Å². The smallest absolute Gasteiger partial charge is 0.337 e. The van der Waals surface area contributed by atoms with Crippen LogP contribution in [0, 0.1) is 0 Å². The first-order valence-electron chi connectivity index (χ1n) is 6.88. The Morgan fingerprint density at radius 2 is 2.00 bits per heavy atom. The first-order valence-corrected chi connectivity index (χ1v) is 8.53. The van der Waals surface area contributed by atoms with Crippen LogP contribution in [-0.4, -0.2) is 51.5 Å². The maximum atomic E-state index is 12.1. The zero-order valence-electron chi connectivity index (χ0n) is 11.9. The van der Waals surface area contributed by atoms with Crippen LogP contribution in [-0.2, 0) is 14.6 Å². The summed E-state index contributed by atoms with van der Waals surface area (Å²) in [6.07, 6.45) is 0.496. The van der Waals surface area contributed by atoms with Crippen molar-refractivity contribution in [1.82, 2.24) is 0 Å². The van der Waals surface area contributed by atoms with Crippen LogP contribution < -0.4 is 4.90 Å². The Balaban J connectivity index is 2.42. The number of nitrogens with zero attached hydrogens (tertiary/aromatic N) is 1. The summed E-state index contributed by atoms with van der Waals surface area (Å²) in [5.74, 6) is -1.10. The Kier molecular flexibility index (Phi) is 4.84. The summed E-state index contributed by atoms with van der Waals surface area (Å²) in [7, 11) is -3.42. The molecule has 0 spiro atoms. The van der Waals surface area contributed by atoms with E-state index in [1.807, 2.05) is 4.90 Å². The number of morpholine rings is 1. The lowest BCUT2D eigenvalue weighted by atomic mass is 10.1. The van der Waals surface area contributed by atoms with Gasteiger partial charge < -0.3 is 14.7 Å². The molecule has 0 bridgehead atoms. The van der Waals surface area contributed by atoms with Gasteiger partial charge in [0.1, 0.15) is 0 Å². The van der Waals surface area contributed by atoms with Crippen LogP contribution in [0.4, 0.5) is 5.69 Å². The van der Waals surface area contributed by atoms with Crippen LogP contribution in [0.2, 0.25) is 0 Å². The second-order valence-electron chi connectivity index (χ2n) is 4.90. The molecule has 0 amide bonds. The van der Waals surface area contributed by atoms with E-state index in [1.165, 1.54) is 12.1 Å². The molecule has 1 heterocycles. The lowest BCUT2D eigenvalue weighted by molar-refractivity contribution is 0.0696. The molecule has 1 saturated heterocycles. The summed E-state index contributed by atoms with van der Waals surface area (Å²) >= 11 is 0. The van der Waals surface area contributed by atoms with Crippen molar-refractivity contribution in [3.8, 4) is 0 Å². The zero-order valence-corrected chi connectivity index (χ0v) is 12.7. The van der Waals surface area contributed by atoms with Crippen molar-refractivity contribution in [2.45, 2.75) is 18.2 Å². The van der Waals surface area contributed by atoms with Crippen LogP contribution in [0.25, 0.3) is 0 Å². The van der Waals surface area contributed by atoms with Crippen molar-refractivity contribution in [3.63, 3.8) is 0 Å². The normalized spacial score (nSPS) is 16.0. The lowest BCUT2D eigenvalue weighted by Crippen LogP contribution is -2.37. The Morgan fingerprint density at radius 1 is 1.33 bits per heavy atom. The molecule has 7 heteroatoms. The number of carboxylic acid groups (broad SMARTS) is 1. The van der Waals surface area contributed by atoms with Gasteiger partial charge in [-0.1, -0.05) is 6.92 Å². The Labute approximate surface area is 124 Å². The number of aromatic carboxylic acids is 1. The van der Waals surface area contributed by atoms with E-state index in [9.17, 15) is 18.3 Å². The van der Waals surface area contributed by atoms with Gasteiger partial charge in [-0.2, -0.15) is 0 Å². The van der Waals surface area contributed by atoms with Crippen molar-refractivity contribution < 1.29 is 23.1 Å². The maximum Gasteiger partial charge on any atom is 0.337 e. The predicted molar refractivity (Wildman–Crippen MR) is 78.8 cm³/mol. The van der Waals surface area contributed by atoms with Crippen LogP contribution in [0.3, 0.4) is 0 Å². The summed E-state index contributed by atoms with van der Waals surface area (Å²) < 4.78 is 29.4. The average Bonchev–Trinajstić information content (AvgIpc) is 2.47. The van der Waals surface area contributed by atoms with E-state index in [4.69, 9.17) is 4.74 Å². The van der Waals surface area contributed by atoms with Crippen LogP contribution >= 0.6 is 0 Å². The molecule has 1 fully saturated rings. The third-order valence-electron chi connectivity index (χ3n) is 3.38. The maximum absolute atomic E-state index is 12.1. The molecule has 1 N–H and O–H groups in total. The molecule has 1 aliphatic rings. The van der Waals surface area contributed by atoms with Crippen molar-refractivity contribution in [1.29, 1.82) is 0 Å². The lowest BCUT2D eigenvalue weighted by Gasteiger charge is -2.30. The van der Waals surface area contributed by atoms with E-state index in [1.54, 1.807) is 13.0 Å². The number of rotatable bonds is 5. The van der Waals surface area contributed by atoms with Crippen LogP contribution in [0.1, 0.15) is 23.7 Å². The Bertz CT molecular complexity index is 620. The topological polar surface area (TPSA) is 83.9 Å². The van der Waals surface area contributed by atoms with E-state index in [0.29, 0.717) is 38.4 Å². The summed E-state index contributed by atoms with van der Waals surface area (Å²) in [6, 6.07) is 4.33. The molecule has 0 atom stereocenters. The van der Waals surface area contributed by atoms with Gasteiger partial charge in [-0.25, -0.2) is 13.2 Å². The van der Waals surface area contributed by atoms with Crippen LogP contribution in [0.5, 0.6) is 0 Å². The van der Waals surface area contributed by atoms with Crippen LogP contribution in [0.15, 0.2) is 23.1 Å². The summed E-state index contributed by atoms with van der Waals surface area (Å²) in [5.41, 5.74) is 0.565. The molecular formula is C14H19NO5S. The second-order valence-corrected chi connectivity index (χ2v) is 7.01. The Hall–Kier alpha value is -1.60. The third-order valence-corrected chi connectivity index (χ3v) is 5.30. The van der Waals surface area contributed by atoms with Crippen molar-refractivity contribution in [2.75, 3.05) is 37.0 Å². The largest absolute Gasteiger partial charge is 0.478 e. The number of hydrogen-bond acceptors (Lipinski definition) is 5. The number of hydrogen-bond donors (Lipinski definition) is 1. The van der Waals surface area contributed by atoms with E-state index >= 15 is 0 Å². The van der Waals surface area contributed by atoms with Gasteiger partial charge in [0.05, 0.1) is 35.1 Å². The molecule has 0 aliphatic carbocycles. The summed E-state index contributed by atoms with van der Waals surface area (Å²) in [4.78, 5) is 13.4. The number of ether oxygens (including phenoxy) is 1. The molecule has 0 unspecified atom stereocenters. The third kappa shape index (κ3) is 3.54. The van der Waals surface area contributed by atoms with E-state index < -0.39 is 15.8 Å². The summed E-state index contributed by atoms with van der Waals surface area (Å²) in [5, 5.41) is 9.36. The molecule has 1 aromatic rings. The number of carbonyl (C=O) groups is 1. The van der Waals surface area contributed by atoms with Gasteiger partial charge in [-0.3, -0.25) is 0 Å². The van der Waals surface area contributed by atoms with Crippen molar-refractivity contribution >= 4 is 21.5 Å². The standard InChI is InChI=1S/C14H19NO5S/c1-2-9-21(18,19)11-3-4-13(12(10-11)14(16)17)15-5-7-20-8-6-15/h3-4,10H,2,5-9H2,1H3,(H,16,17). The average molecular weight is 313 g/mol. The highest BCUT2D eigenvalue weighted by molar-refractivity contribution is 7.91. The van der Waals surface area contributed by atoms with Crippen molar-refractivity contribution in [3.05, 3.63) is 23.8 Å². The summed E-state index contributed by atoms with van der Waals surface area (Å²) in [6.45, 7) is 4.05. The minimum absolute atomic E-state index is 0.0168. The second kappa shape index (κ2) is 6.44. The molecule has 116 valence electrons. The molecule has 1 aliphatic heterocycles. The fourth-order valence-electron chi connectivity index (χ4n) is 2.35. The fourth-order valence-corrected chi connectivity index (χ4v) is 3.69. The molecular weight excluding hydrogens is 294 g/mol. The minimum Gasteiger partial charge on any atom is -0.478 e. The Morgan fingerprint density at radius 3 is 2.57 bits per heavy atom. The molecule has 2 rings (SSSR count). The highest BCUT2D eigenvalue weighted by Crippen LogP contribution is 2.26. The molecule has 0 radical (unpaired) electrons. The highest BCUT2D eigenvalue weighted by Gasteiger charge is 2.22. The monoisotopic (exact) mass is 313 g/mol. The molecule has 21 heavy (non-hydrogen) atoms. The van der Waals surface area contributed by atoms with Crippen molar-refractivity contribution in [2.24, 2.45) is 0 Å². The SMILES string of the molecule is CCCS(=O)(=O)c1ccc(N2CCOCC2)c(C(=O)O)c1. The highest BCUT2D eigenvalue weighted by atomic mass is 32.2. The number of anilines is 1. The predicted octanol–water partition coefficient (Wildman–Crippen LogP) is 1.41. The molecule has 6 nitrogen and oxygen atoms in total. The van der Waals surface area contributed by atoms with E-state index in [0.717, 1.165) is 0 Å². The van der Waals surface area contributed by atoms with Gasteiger partial charge >= 0.3 is 5.97 Å². The number of benzene rings is 1. The van der Waals surface area contributed by atoms with Gasteiger partial charge in [-0.15, -0.1) is 0 Å². The molecule has 0 aromatic heterocycles. The fraction of sp³-hybridized carbons (Fsp3) is 0.500. The van der Waals surface area contributed by atoms with Gasteiger partial charge in [0.2, 0.25) is 0 Å². The minimum atomic E-state index is -3.42.